The fraction of sp³-hybridized carbons (Fsp3) is 0.158. The number of hydrogen-bond donors (Lipinski definition) is 2. The summed E-state index contributed by atoms with van der Waals surface area (Å²) in [7, 11) is 0. The van der Waals surface area contributed by atoms with Gasteiger partial charge in [0.2, 0.25) is 5.78 Å². The van der Waals surface area contributed by atoms with Gasteiger partial charge in [-0.05, 0) is 6.07 Å². The molecular weight excluding hydrogens is 324 g/mol. The smallest absolute Gasteiger partial charge is 0.228 e. The number of allylic oxidation sites excluding steroid dienone is 1. The standard InChI is InChI=1S/C19H12O6/c20-12-5-10-11-7-24-19-15(18(11)25-14(10)6-13(12)21)16(22)8-3-1-2-4-9(8)17(19)23/h1-6,11,18,20-21H,7H2. The predicted octanol–water partition coefficient (Wildman–Crippen LogP) is 2.31. The number of rotatable bonds is 0. The maximum absolute atomic E-state index is 13.0. The van der Waals surface area contributed by atoms with E-state index in [-0.39, 0.29) is 46.9 Å². The molecule has 0 saturated heterocycles. The Hall–Kier alpha value is -3.28. The molecule has 2 heterocycles. The minimum atomic E-state index is -0.676. The van der Waals surface area contributed by atoms with Gasteiger partial charge in [0.05, 0.1) is 18.1 Å². The topological polar surface area (TPSA) is 93.1 Å². The average Bonchev–Trinajstić information content (AvgIpc) is 2.97. The van der Waals surface area contributed by atoms with Crippen molar-refractivity contribution < 1.29 is 29.3 Å². The van der Waals surface area contributed by atoms with Gasteiger partial charge in [0, 0.05) is 22.8 Å². The number of carbonyl (C=O) groups excluding carboxylic acids is 2. The van der Waals surface area contributed by atoms with Crippen LogP contribution in [0.2, 0.25) is 0 Å². The van der Waals surface area contributed by atoms with Crippen LogP contribution in [0.4, 0.5) is 0 Å². The highest BCUT2D eigenvalue weighted by Crippen LogP contribution is 2.49. The predicted molar refractivity (Wildman–Crippen MR) is 85.0 cm³/mol. The van der Waals surface area contributed by atoms with Gasteiger partial charge in [-0.15, -0.1) is 0 Å². The number of hydrogen-bond acceptors (Lipinski definition) is 6. The molecular formula is C19H12O6. The van der Waals surface area contributed by atoms with Crippen molar-refractivity contribution in [3.8, 4) is 17.2 Å². The van der Waals surface area contributed by atoms with E-state index in [0.29, 0.717) is 22.4 Å². The molecule has 0 radical (unpaired) electrons. The normalized spacial score (nSPS) is 23.2. The number of carbonyl (C=O) groups is 2. The lowest BCUT2D eigenvalue weighted by atomic mass is 9.80. The second-order valence-electron chi connectivity index (χ2n) is 6.28. The molecule has 2 N–H and O–H groups in total. The maximum atomic E-state index is 13.0. The number of benzene rings is 2. The zero-order valence-corrected chi connectivity index (χ0v) is 12.9. The van der Waals surface area contributed by atoms with Crippen molar-refractivity contribution in [3.63, 3.8) is 0 Å². The highest BCUT2D eigenvalue weighted by atomic mass is 16.5. The van der Waals surface area contributed by atoms with E-state index >= 15 is 0 Å². The summed E-state index contributed by atoms with van der Waals surface area (Å²) in [6.07, 6.45) is -0.676. The molecule has 6 heteroatoms. The Balaban J connectivity index is 1.66. The third-order valence-electron chi connectivity index (χ3n) is 4.93. The lowest BCUT2D eigenvalue weighted by Gasteiger charge is -2.31. The van der Waals surface area contributed by atoms with E-state index in [9.17, 15) is 19.8 Å². The first-order chi connectivity index (χ1) is 12.1. The first-order valence-electron chi connectivity index (χ1n) is 7.84. The van der Waals surface area contributed by atoms with Crippen LogP contribution in [0.1, 0.15) is 32.2 Å². The number of phenols is 2. The number of ether oxygens (including phenoxy) is 2. The van der Waals surface area contributed by atoms with Crippen LogP contribution >= 0.6 is 0 Å². The number of phenolic OH excluding ortho intramolecular Hbond substituents is 2. The van der Waals surface area contributed by atoms with E-state index in [4.69, 9.17) is 9.47 Å². The third-order valence-corrected chi connectivity index (χ3v) is 4.93. The zero-order valence-electron chi connectivity index (χ0n) is 12.9. The molecule has 2 unspecified atom stereocenters. The molecule has 0 aromatic heterocycles. The summed E-state index contributed by atoms with van der Waals surface area (Å²) in [6, 6.07) is 9.35. The average molecular weight is 336 g/mol. The van der Waals surface area contributed by atoms with Gasteiger partial charge < -0.3 is 19.7 Å². The van der Waals surface area contributed by atoms with Crippen LogP contribution in [0.5, 0.6) is 17.2 Å². The number of fused-ring (bicyclic) bond motifs is 5. The second-order valence-corrected chi connectivity index (χ2v) is 6.28. The Kier molecular flexibility index (Phi) is 2.61. The van der Waals surface area contributed by atoms with Crippen LogP contribution in [-0.4, -0.2) is 34.5 Å². The summed E-state index contributed by atoms with van der Waals surface area (Å²) in [5.74, 6) is -1.10. The highest BCUT2D eigenvalue weighted by molar-refractivity contribution is 6.26. The van der Waals surface area contributed by atoms with Gasteiger partial charge >= 0.3 is 0 Å². The molecule has 25 heavy (non-hydrogen) atoms. The molecule has 0 amide bonds. The van der Waals surface area contributed by atoms with Crippen molar-refractivity contribution in [3.05, 3.63) is 64.4 Å². The highest BCUT2D eigenvalue weighted by Gasteiger charge is 2.49. The molecule has 2 aromatic carbocycles. The fourth-order valence-electron chi connectivity index (χ4n) is 3.73. The van der Waals surface area contributed by atoms with E-state index in [1.807, 2.05) is 0 Å². The van der Waals surface area contributed by atoms with Crippen molar-refractivity contribution in [1.29, 1.82) is 0 Å². The van der Waals surface area contributed by atoms with Crippen molar-refractivity contribution in [2.24, 2.45) is 0 Å². The molecule has 3 aliphatic rings. The van der Waals surface area contributed by atoms with E-state index in [1.54, 1.807) is 24.3 Å². The zero-order chi connectivity index (χ0) is 17.3. The molecule has 2 aromatic rings. The van der Waals surface area contributed by atoms with E-state index < -0.39 is 6.10 Å². The second kappa shape index (κ2) is 4.63. The van der Waals surface area contributed by atoms with Gasteiger partial charge in [-0.1, -0.05) is 24.3 Å². The molecule has 0 saturated carbocycles. The molecule has 0 spiro atoms. The Morgan fingerprint density at radius 1 is 0.960 bits per heavy atom. The van der Waals surface area contributed by atoms with Crippen molar-refractivity contribution in [2.45, 2.75) is 12.0 Å². The Bertz CT molecular complexity index is 1000. The molecule has 6 nitrogen and oxygen atoms in total. The summed E-state index contributed by atoms with van der Waals surface area (Å²) >= 11 is 0. The van der Waals surface area contributed by atoms with Crippen molar-refractivity contribution in [1.82, 2.24) is 0 Å². The molecule has 2 atom stereocenters. The fourth-order valence-corrected chi connectivity index (χ4v) is 3.73. The number of ketones is 2. The van der Waals surface area contributed by atoms with Gasteiger partial charge in [0.25, 0.3) is 0 Å². The van der Waals surface area contributed by atoms with E-state index in [0.717, 1.165) is 0 Å². The van der Waals surface area contributed by atoms with Gasteiger partial charge in [-0.2, -0.15) is 0 Å². The number of Topliss-reactive ketones (excluding diaryl/α,β-unsaturated/α-hetero) is 2. The Labute approximate surface area is 141 Å². The maximum Gasteiger partial charge on any atom is 0.228 e. The van der Waals surface area contributed by atoms with Crippen molar-refractivity contribution >= 4 is 11.6 Å². The summed E-state index contributed by atoms with van der Waals surface area (Å²) in [5, 5.41) is 19.4. The van der Waals surface area contributed by atoms with Crippen LogP contribution in [0, 0.1) is 0 Å². The molecule has 2 aliphatic heterocycles. The van der Waals surface area contributed by atoms with E-state index in [2.05, 4.69) is 0 Å². The molecule has 1 aliphatic carbocycles. The van der Waals surface area contributed by atoms with Crippen LogP contribution in [0.25, 0.3) is 0 Å². The summed E-state index contributed by atoms with van der Waals surface area (Å²) in [5.41, 5.74) is 1.51. The van der Waals surface area contributed by atoms with Gasteiger partial charge in [0.15, 0.2) is 23.0 Å². The van der Waals surface area contributed by atoms with E-state index in [1.165, 1.54) is 12.1 Å². The summed E-state index contributed by atoms with van der Waals surface area (Å²) in [4.78, 5) is 25.7. The SMILES string of the molecule is O=C1C2=C(C(=O)c3ccccc31)C1Oc3cc(O)c(O)cc3C1CO2. The molecule has 0 fully saturated rings. The van der Waals surface area contributed by atoms with Crippen LogP contribution in [-0.2, 0) is 4.74 Å². The quantitative estimate of drug-likeness (QED) is 0.717. The van der Waals surface area contributed by atoms with Crippen LogP contribution in [0.3, 0.4) is 0 Å². The Morgan fingerprint density at radius 3 is 2.40 bits per heavy atom. The number of aromatic hydroxyl groups is 2. The molecule has 0 bridgehead atoms. The summed E-state index contributed by atoms with van der Waals surface area (Å²) < 4.78 is 11.5. The third kappa shape index (κ3) is 1.73. The summed E-state index contributed by atoms with van der Waals surface area (Å²) in [6.45, 7) is 0.155. The van der Waals surface area contributed by atoms with Crippen LogP contribution in [0.15, 0.2) is 47.7 Å². The minimum Gasteiger partial charge on any atom is -0.504 e. The van der Waals surface area contributed by atoms with Gasteiger partial charge in [-0.25, -0.2) is 0 Å². The lowest BCUT2D eigenvalue weighted by Crippen LogP contribution is -2.39. The minimum absolute atomic E-state index is 0.0335. The van der Waals surface area contributed by atoms with Crippen molar-refractivity contribution in [2.75, 3.05) is 6.61 Å². The largest absolute Gasteiger partial charge is 0.504 e. The molecule has 124 valence electrons. The van der Waals surface area contributed by atoms with Crippen LogP contribution < -0.4 is 4.74 Å². The lowest BCUT2D eigenvalue weighted by molar-refractivity contribution is 0.0697. The monoisotopic (exact) mass is 336 g/mol. The van der Waals surface area contributed by atoms with Gasteiger partial charge in [0.1, 0.15) is 11.9 Å². The first kappa shape index (κ1) is 14.1. The Morgan fingerprint density at radius 2 is 1.64 bits per heavy atom. The first-order valence-corrected chi connectivity index (χ1v) is 7.84. The molecule has 5 rings (SSSR count). The van der Waals surface area contributed by atoms with Gasteiger partial charge in [-0.3, -0.25) is 9.59 Å².